The van der Waals surface area contributed by atoms with Gasteiger partial charge >= 0.3 is 0 Å². The molecular formula is C18H25N3O2. The Kier molecular flexibility index (Phi) is 3.97. The van der Waals surface area contributed by atoms with Crippen LogP contribution in [0.3, 0.4) is 0 Å². The largest absolute Gasteiger partial charge is 0.497 e. The molecule has 1 aliphatic carbocycles. The lowest BCUT2D eigenvalue weighted by molar-refractivity contribution is -0.142. The topological polar surface area (TPSA) is 45.7 Å². The molecule has 0 aromatic carbocycles. The van der Waals surface area contributed by atoms with E-state index in [1.807, 2.05) is 18.3 Å². The van der Waals surface area contributed by atoms with E-state index in [0.717, 1.165) is 50.3 Å². The molecule has 0 bridgehead atoms. The number of nitrogens with zero attached hydrogens (tertiary/aromatic N) is 3. The maximum absolute atomic E-state index is 12.3. The van der Waals surface area contributed by atoms with Crippen LogP contribution in [0.5, 0.6) is 5.75 Å². The van der Waals surface area contributed by atoms with Crippen LogP contribution in [0.15, 0.2) is 18.3 Å². The maximum atomic E-state index is 12.3. The van der Waals surface area contributed by atoms with Gasteiger partial charge in [-0.2, -0.15) is 0 Å². The molecule has 5 nitrogen and oxygen atoms in total. The first-order valence-corrected chi connectivity index (χ1v) is 8.77. The first-order chi connectivity index (χ1) is 11.2. The summed E-state index contributed by atoms with van der Waals surface area (Å²) in [6.45, 7) is 3.01. The molecule has 1 aromatic heterocycles. The van der Waals surface area contributed by atoms with Gasteiger partial charge in [-0.3, -0.25) is 14.7 Å². The summed E-state index contributed by atoms with van der Waals surface area (Å²) in [5, 5.41) is 0. The molecule has 2 atom stereocenters. The molecule has 124 valence electrons. The number of carbonyl (C=O) groups is 1. The Hall–Kier alpha value is -1.62. The molecule has 4 rings (SSSR count). The Labute approximate surface area is 137 Å². The number of ether oxygens (including phenoxy) is 1. The Morgan fingerprint density at radius 1 is 1.30 bits per heavy atom. The molecular weight excluding hydrogens is 290 g/mol. The number of methoxy groups -OCH3 is 1. The number of piperidine rings is 2. The monoisotopic (exact) mass is 315 g/mol. The van der Waals surface area contributed by atoms with E-state index in [0.29, 0.717) is 23.9 Å². The molecule has 2 aliphatic heterocycles. The summed E-state index contributed by atoms with van der Waals surface area (Å²) in [6, 6.07) is 4.95. The smallest absolute Gasteiger partial charge is 0.223 e. The lowest BCUT2D eigenvalue weighted by Crippen LogP contribution is -2.56. The quantitative estimate of drug-likeness (QED) is 0.853. The summed E-state index contributed by atoms with van der Waals surface area (Å²) in [7, 11) is 1.69. The highest BCUT2D eigenvalue weighted by atomic mass is 16.5. The van der Waals surface area contributed by atoms with Crippen LogP contribution in [0.25, 0.3) is 0 Å². The zero-order chi connectivity index (χ0) is 15.8. The number of carbonyl (C=O) groups excluding carboxylic acids is 1. The number of hydrogen-bond acceptors (Lipinski definition) is 4. The molecule has 3 heterocycles. The van der Waals surface area contributed by atoms with Crippen LogP contribution in [0, 0.1) is 5.92 Å². The first-order valence-electron chi connectivity index (χ1n) is 8.77. The first kappa shape index (κ1) is 14.9. The van der Waals surface area contributed by atoms with E-state index in [1.54, 1.807) is 7.11 Å². The molecule has 3 aliphatic rings. The highest BCUT2D eigenvalue weighted by Gasteiger charge is 2.45. The predicted octanol–water partition coefficient (Wildman–Crippen LogP) is 2.07. The molecule has 2 saturated heterocycles. The lowest BCUT2D eigenvalue weighted by Gasteiger charge is -2.47. The number of rotatable bonds is 4. The minimum Gasteiger partial charge on any atom is -0.497 e. The summed E-state index contributed by atoms with van der Waals surface area (Å²) in [4.78, 5) is 21.5. The fraction of sp³-hybridized carbons (Fsp3) is 0.667. The molecule has 3 fully saturated rings. The third kappa shape index (κ3) is 3.07. The van der Waals surface area contributed by atoms with Crippen LogP contribution in [0.2, 0.25) is 0 Å². The van der Waals surface area contributed by atoms with E-state index < -0.39 is 0 Å². The third-order valence-corrected chi connectivity index (χ3v) is 5.50. The van der Waals surface area contributed by atoms with Crippen molar-refractivity contribution < 1.29 is 9.53 Å². The summed E-state index contributed by atoms with van der Waals surface area (Å²) in [5.74, 6) is 1.90. The van der Waals surface area contributed by atoms with E-state index in [2.05, 4.69) is 14.8 Å². The van der Waals surface area contributed by atoms with Crippen molar-refractivity contribution in [1.82, 2.24) is 14.8 Å². The highest BCUT2D eigenvalue weighted by Crippen LogP contribution is 2.39. The van der Waals surface area contributed by atoms with Crippen molar-refractivity contribution in [2.45, 2.75) is 50.7 Å². The van der Waals surface area contributed by atoms with E-state index in [-0.39, 0.29) is 0 Å². The van der Waals surface area contributed by atoms with E-state index in [4.69, 9.17) is 4.74 Å². The molecule has 0 radical (unpaired) electrons. The van der Waals surface area contributed by atoms with Crippen LogP contribution in [0.1, 0.15) is 37.8 Å². The summed E-state index contributed by atoms with van der Waals surface area (Å²) < 4.78 is 5.29. The van der Waals surface area contributed by atoms with Crippen LogP contribution < -0.4 is 4.74 Å². The number of hydrogen-bond donors (Lipinski definition) is 0. The van der Waals surface area contributed by atoms with Gasteiger partial charge in [0.2, 0.25) is 5.91 Å². The number of aromatic nitrogens is 1. The fourth-order valence-corrected chi connectivity index (χ4v) is 4.24. The van der Waals surface area contributed by atoms with Gasteiger partial charge in [0.25, 0.3) is 0 Å². The van der Waals surface area contributed by atoms with Gasteiger partial charge in [-0.05, 0) is 37.7 Å². The fourth-order valence-electron chi connectivity index (χ4n) is 4.24. The van der Waals surface area contributed by atoms with Gasteiger partial charge < -0.3 is 9.64 Å². The number of amides is 1. The van der Waals surface area contributed by atoms with Crippen molar-refractivity contribution in [3.63, 3.8) is 0 Å². The average molecular weight is 315 g/mol. The molecule has 0 spiro atoms. The predicted molar refractivity (Wildman–Crippen MR) is 87.1 cm³/mol. The van der Waals surface area contributed by atoms with Crippen molar-refractivity contribution in [3.05, 3.63) is 24.0 Å². The van der Waals surface area contributed by atoms with Gasteiger partial charge in [0.1, 0.15) is 5.75 Å². The highest BCUT2D eigenvalue weighted by molar-refractivity contribution is 5.78. The molecule has 23 heavy (non-hydrogen) atoms. The number of likely N-dealkylation sites (tertiary alicyclic amines) is 2. The molecule has 1 amide bonds. The second kappa shape index (κ2) is 6.11. The van der Waals surface area contributed by atoms with Gasteiger partial charge in [-0.25, -0.2) is 0 Å². The zero-order valence-corrected chi connectivity index (χ0v) is 13.8. The maximum Gasteiger partial charge on any atom is 0.223 e. The Bertz CT molecular complexity index is 587. The van der Waals surface area contributed by atoms with Gasteiger partial charge in [-0.15, -0.1) is 0 Å². The Balaban J connectivity index is 1.41. The second-order valence-corrected chi connectivity index (χ2v) is 7.11. The minimum absolute atomic E-state index is 0.400. The van der Waals surface area contributed by atoms with E-state index in [1.165, 1.54) is 12.8 Å². The van der Waals surface area contributed by atoms with Crippen LogP contribution in [-0.4, -0.2) is 53.0 Å². The molecule has 0 N–H and O–H groups in total. The summed E-state index contributed by atoms with van der Waals surface area (Å²) in [6.07, 6.45) is 7.14. The van der Waals surface area contributed by atoms with Gasteiger partial charge in [0, 0.05) is 50.4 Å². The van der Waals surface area contributed by atoms with Gasteiger partial charge in [0.05, 0.1) is 12.8 Å². The van der Waals surface area contributed by atoms with Gasteiger partial charge in [-0.1, -0.05) is 0 Å². The molecule has 2 unspecified atom stereocenters. The third-order valence-electron chi connectivity index (χ3n) is 5.50. The Morgan fingerprint density at radius 3 is 2.96 bits per heavy atom. The number of fused-ring (bicyclic) bond motifs is 1. The van der Waals surface area contributed by atoms with Crippen LogP contribution in [0.4, 0.5) is 0 Å². The lowest BCUT2D eigenvalue weighted by atomic mass is 9.83. The summed E-state index contributed by atoms with van der Waals surface area (Å²) >= 11 is 0. The average Bonchev–Trinajstić information content (AvgIpc) is 3.40. The van der Waals surface area contributed by atoms with E-state index in [9.17, 15) is 4.79 Å². The van der Waals surface area contributed by atoms with Crippen molar-refractivity contribution in [2.75, 3.05) is 20.2 Å². The van der Waals surface area contributed by atoms with Crippen molar-refractivity contribution >= 4 is 5.91 Å². The van der Waals surface area contributed by atoms with E-state index >= 15 is 0 Å². The molecule has 1 saturated carbocycles. The minimum atomic E-state index is 0.400. The molecule has 1 aromatic rings. The van der Waals surface area contributed by atoms with Crippen LogP contribution in [-0.2, 0) is 11.3 Å². The van der Waals surface area contributed by atoms with Crippen molar-refractivity contribution in [2.24, 2.45) is 5.92 Å². The number of pyridine rings is 1. The molecule has 5 heteroatoms. The standard InChI is InChI=1S/C18H25N3O2/c1-23-16-6-8-19-14(10-16)12-20-9-7-17-13(11-20)2-5-18(22)21(17)15-3-4-15/h6,8,10,13,15,17H,2-5,7,9,11-12H2,1H3. The van der Waals surface area contributed by atoms with Crippen molar-refractivity contribution in [3.8, 4) is 5.75 Å². The summed E-state index contributed by atoms with van der Waals surface area (Å²) in [5.41, 5.74) is 1.06. The Morgan fingerprint density at radius 2 is 2.17 bits per heavy atom. The second-order valence-electron chi connectivity index (χ2n) is 7.11. The zero-order valence-electron chi connectivity index (χ0n) is 13.8. The van der Waals surface area contributed by atoms with Crippen LogP contribution >= 0.6 is 0 Å². The SMILES string of the molecule is COc1ccnc(CN2CCC3C(CCC(=O)N3C3CC3)C2)c1. The normalized spacial score (nSPS) is 28.6. The van der Waals surface area contributed by atoms with Gasteiger partial charge in [0.15, 0.2) is 0 Å². The van der Waals surface area contributed by atoms with Crippen molar-refractivity contribution in [1.29, 1.82) is 0 Å².